The summed E-state index contributed by atoms with van der Waals surface area (Å²) in [7, 11) is 2.02. The number of hydrogen-bond acceptors (Lipinski definition) is 3. The predicted octanol–water partition coefficient (Wildman–Crippen LogP) is 0.633. The Hall–Kier alpha value is -1.30. The number of carbonyl (C=O) groups excluding carboxylic acids is 1. The van der Waals surface area contributed by atoms with E-state index in [0.29, 0.717) is 6.42 Å². The summed E-state index contributed by atoms with van der Waals surface area (Å²) in [4.78, 5) is 24.8. The average molecular weight is 257 g/mol. The SMILES string of the molecule is CCC[C@H](NC(=O)NC1CCCN(C)C1)C(=O)O. The first-order valence-corrected chi connectivity index (χ1v) is 6.51. The Morgan fingerprint density at radius 3 is 2.78 bits per heavy atom. The number of piperidine rings is 1. The number of likely N-dealkylation sites (N-methyl/N-ethyl adjacent to an activating group) is 1. The fourth-order valence-electron chi connectivity index (χ4n) is 2.22. The maximum absolute atomic E-state index is 11.7. The number of nitrogens with one attached hydrogen (secondary N) is 2. The lowest BCUT2D eigenvalue weighted by molar-refractivity contribution is -0.139. The zero-order valence-corrected chi connectivity index (χ0v) is 11.1. The number of amides is 2. The molecule has 1 unspecified atom stereocenters. The lowest BCUT2D eigenvalue weighted by atomic mass is 10.1. The van der Waals surface area contributed by atoms with Crippen molar-refractivity contribution in [1.29, 1.82) is 0 Å². The van der Waals surface area contributed by atoms with E-state index in [1.165, 1.54) is 0 Å². The van der Waals surface area contributed by atoms with Gasteiger partial charge in [0.05, 0.1) is 0 Å². The van der Waals surface area contributed by atoms with Crippen molar-refractivity contribution >= 4 is 12.0 Å². The van der Waals surface area contributed by atoms with E-state index in [2.05, 4.69) is 15.5 Å². The smallest absolute Gasteiger partial charge is 0.326 e. The molecule has 0 aromatic rings. The lowest BCUT2D eigenvalue weighted by Crippen LogP contribution is -2.52. The zero-order valence-electron chi connectivity index (χ0n) is 11.1. The van der Waals surface area contributed by atoms with Gasteiger partial charge in [-0.2, -0.15) is 0 Å². The van der Waals surface area contributed by atoms with Crippen LogP contribution in [0, 0.1) is 0 Å². The molecule has 6 heteroatoms. The van der Waals surface area contributed by atoms with Gasteiger partial charge in [-0.15, -0.1) is 0 Å². The van der Waals surface area contributed by atoms with Gasteiger partial charge in [-0.1, -0.05) is 13.3 Å². The summed E-state index contributed by atoms with van der Waals surface area (Å²) in [6.45, 7) is 3.76. The Bertz CT molecular complexity index is 296. The molecule has 2 atom stereocenters. The van der Waals surface area contributed by atoms with Gasteiger partial charge < -0.3 is 20.6 Å². The van der Waals surface area contributed by atoms with Gasteiger partial charge in [-0.25, -0.2) is 9.59 Å². The van der Waals surface area contributed by atoms with Crippen molar-refractivity contribution in [3.63, 3.8) is 0 Å². The molecule has 0 aliphatic carbocycles. The third-order valence-corrected chi connectivity index (χ3v) is 3.14. The molecular formula is C12H23N3O3. The molecule has 6 nitrogen and oxygen atoms in total. The second-order valence-electron chi connectivity index (χ2n) is 4.90. The van der Waals surface area contributed by atoms with Crippen LogP contribution in [0.15, 0.2) is 0 Å². The highest BCUT2D eigenvalue weighted by Gasteiger charge is 2.22. The number of carbonyl (C=O) groups is 2. The minimum Gasteiger partial charge on any atom is -0.480 e. The molecule has 0 spiro atoms. The molecule has 0 saturated carbocycles. The fraction of sp³-hybridized carbons (Fsp3) is 0.833. The van der Waals surface area contributed by atoms with Gasteiger partial charge in [-0.3, -0.25) is 0 Å². The molecule has 1 heterocycles. The minimum absolute atomic E-state index is 0.111. The molecule has 1 aliphatic heterocycles. The van der Waals surface area contributed by atoms with Crippen molar-refractivity contribution in [1.82, 2.24) is 15.5 Å². The van der Waals surface area contributed by atoms with Crippen LogP contribution in [0.1, 0.15) is 32.6 Å². The number of likely N-dealkylation sites (tertiary alicyclic amines) is 1. The van der Waals surface area contributed by atoms with Crippen LogP contribution in [-0.4, -0.2) is 54.2 Å². The van der Waals surface area contributed by atoms with E-state index >= 15 is 0 Å². The van der Waals surface area contributed by atoms with Gasteiger partial charge >= 0.3 is 12.0 Å². The lowest BCUT2D eigenvalue weighted by Gasteiger charge is -2.30. The van der Waals surface area contributed by atoms with Crippen molar-refractivity contribution < 1.29 is 14.7 Å². The predicted molar refractivity (Wildman–Crippen MR) is 68.5 cm³/mol. The van der Waals surface area contributed by atoms with Crippen molar-refractivity contribution in [2.75, 3.05) is 20.1 Å². The first-order valence-electron chi connectivity index (χ1n) is 6.51. The first kappa shape index (κ1) is 14.8. The Morgan fingerprint density at radius 2 is 2.22 bits per heavy atom. The second kappa shape index (κ2) is 7.20. The van der Waals surface area contributed by atoms with E-state index in [1.54, 1.807) is 0 Å². The van der Waals surface area contributed by atoms with Crippen LogP contribution in [0.5, 0.6) is 0 Å². The molecule has 0 aromatic carbocycles. The highest BCUT2D eigenvalue weighted by molar-refractivity contribution is 5.82. The number of carboxylic acid groups (broad SMARTS) is 1. The number of urea groups is 1. The third kappa shape index (κ3) is 4.91. The molecule has 0 bridgehead atoms. The quantitative estimate of drug-likeness (QED) is 0.675. The molecule has 0 aromatic heterocycles. The molecule has 104 valence electrons. The Kier molecular flexibility index (Phi) is 5.91. The monoisotopic (exact) mass is 257 g/mol. The summed E-state index contributed by atoms with van der Waals surface area (Å²) in [5.74, 6) is -0.979. The Morgan fingerprint density at radius 1 is 1.50 bits per heavy atom. The van der Waals surface area contributed by atoms with Gasteiger partial charge in [0.1, 0.15) is 6.04 Å². The molecular weight excluding hydrogens is 234 g/mol. The van der Waals surface area contributed by atoms with Crippen LogP contribution in [0.3, 0.4) is 0 Å². The third-order valence-electron chi connectivity index (χ3n) is 3.14. The maximum Gasteiger partial charge on any atom is 0.326 e. The van der Waals surface area contributed by atoms with Crippen LogP contribution >= 0.6 is 0 Å². The van der Waals surface area contributed by atoms with Crippen LogP contribution in [0.4, 0.5) is 4.79 Å². The number of carboxylic acids is 1. The zero-order chi connectivity index (χ0) is 13.5. The first-order chi connectivity index (χ1) is 8.52. The fourth-order valence-corrected chi connectivity index (χ4v) is 2.22. The van der Waals surface area contributed by atoms with Crippen LogP contribution in [0.2, 0.25) is 0 Å². The maximum atomic E-state index is 11.7. The molecule has 18 heavy (non-hydrogen) atoms. The van der Waals surface area contributed by atoms with E-state index in [4.69, 9.17) is 5.11 Å². The molecule has 1 rings (SSSR count). The molecule has 1 saturated heterocycles. The van der Waals surface area contributed by atoms with E-state index in [-0.39, 0.29) is 12.1 Å². The Labute approximate surface area is 108 Å². The van der Waals surface area contributed by atoms with E-state index in [9.17, 15) is 9.59 Å². The number of hydrogen-bond donors (Lipinski definition) is 3. The van der Waals surface area contributed by atoms with Crippen molar-refractivity contribution in [3.8, 4) is 0 Å². The second-order valence-corrected chi connectivity index (χ2v) is 4.90. The standard InChI is InChI=1S/C12H23N3O3/c1-3-5-10(11(16)17)14-12(18)13-9-6-4-7-15(2)8-9/h9-10H,3-8H2,1-2H3,(H,16,17)(H2,13,14,18)/t9?,10-/m0/s1. The average Bonchev–Trinajstić information content (AvgIpc) is 2.28. The van der Waals surface area contributed by atoms with Gasteiger partial charge in [0.25, 0.3) is 0 Å². The number of aliphatic carboxylic acids is 1. The van der Waals surface area contributed by atoms with Gasteiger partial charge in [-0.05, 0) is 32.9 Å². The van der Waals surface area contributed by atoms with Crippen LogP contribution in [0.25, 0.3) is 0 Å². The van der Waals surface area contributed by atoms with E-state index in [1.807, 2.05) is 14.0 Å². The number of nitrogens with zero attached hydrogens (tertiary/aromatic N) is 1. The number of rotatable bonds is 5. The largest absolute Gasteiger partial charge is 0.480 e. The minimum atomic E-state index is -0.979. The Balaban J connectivity index is 2.37. The van der Waals surface area contributed by atoms with Crippen LogP contribution in [-0.2, 0) is 4.79 Å². The molecule has 2 amide bonds. The summed E-state index contributed by atoms with van der Waals surface area (Å²) < 4.78 is 0. The van der Waals surface area contributed by atoms with E-state index in [0.717, 1.165) is 32.4 Å². The van der Waals surface area contributed by atoms with Crippen molar-refractivity contribution in [3.05, 3.63) is 0 Å². The van der Waals surface area contributed by atoms with Gasteiger partial charge in [0, 0.05) is 12.6 Å². The van der Waals surface area contributed by atoms with Gasteiger partial charge in [0.2, 0.25) is 0 Å². The van der Waals surface area contributed by atoms with Crippen LogP contribution < -0.4 is 10.6 Å². The summed E-state index contributed by atoms with van der Waals surface area (Å²) in [5.41, 5.74) is 0. The molecule has 3 N–H and O–H groups in total. The highest BCUT2D eigenvalue weighted by atomic mass is 16.4. The van der Waals surface area contributed by atoms with E-state index < -0.39 is 12.0 Å². The molecule has 1 fully saturated rings. The molecule has 1 aliphatic rings. The van der Waals surface area contributed by atoms with Crippen molar-refractivity contribution in [2.45, 2.75) is 44.7 Å². The van der Waals surface area contributed by atoms with Gasteiger partial charge in [0.15, 0.2) is 0 Å². The highest BCUT2D eigenvalue weighted by Crippen LogP contribution is 2.07. The summed E-state index contributed by atoms with van der Waals surface area (Å²) >= 11 is 0. The summed E-state index contributed by atoms with van der Waals surface area (Å²) in [6.07, 6.45) is 3.18. The summed E-state index contributed by atoms with van der Waals surface area (Å²) in [5, 5.41) is 14.3. The topological polar surface area (TPSA) is 81.7 Å². The van der Waals surface area contributed by atoms with Crippen molar-refractivity contribution in [2.24, 2.45) is 0 Å². The summed E-state index contributed by atoms with van der Waals surface area (Å²) in [6, 6.07) is -1.06. The normalized spacial score (nSPS) is 22.2. The molecule has 0 radical (unpaired) electrons.